The zero-order valence-corrected chi connectivity index (χ0v) is 10.9. The fraction of sp³-hybridized carbons (Fsp3) is 0.385. The van der Waals surface area contributed by atoms with Crippen molar-refractivity contribution in [3.63, 3.8) is 0 Å². The van der Waals surface area contributed by atoms with Gasteiger partial charge < -0.3 is 19.9 Å². The Hall–Kier alpha value is -2.08. The summed E-state index contributed by atoms with van der Waals surface area (Å²) in [4.78, 5) is 22.6. The van der Waals surface area contributed by atoms with Gasteiger partial charge in [-0.15, -0.1) is 0 Å². The molecular formula is C13H17NO5. The minimum Gasteiger partial charge on any atom is -0.494 e. The molecule has 1 aromatic carbocycles. The van der Waals surface area contributed by atoms with E-state index in [0.29, 0.717) is 17.9 Å². The Morgan fingerprint density at radius 1 is 1.42 bits per heavy atom. The summed E-state index contributed by atoms with van der Waals surface area (Å²) in [6.45, 7) is 2.27. The summed E-state index contributed by atoms with van der Waals surface area (Å²) in [5, 5.41) is 11.3. The van der Waals surface area contributed by atoms with Crippen molar-refractivity contribution in [3.05, 3.63) is 29.8 Å². The van der Waals surface area contributed by atoms with Crippen molar-refractivity contribution in [2.45, 2.75) is 13.0 Å². The third kappa shape index (κ3) is 4.59. The smallest absolute Gasteiger partial charge is 0.334 e. The van der Waals surface area contributed by atoms with Gasteiger partial charge in [0, 0.05) is 12.7 Å². The summed E-state index contributed by atoms with van der Waals surface area (Å²) >= 11 is 0. The molecule has 2 N–H and O–H groups in total. The molecule has 1 amide bonds. The topological polar surface area (TPSA) is 84.9 Å². The lowest BCUT2D eigenvalue weighted by Crippen LogP contribution is -2.37. The molecular weight excluding hydrogens is 250 g/mol. The second kappa shape index (κ2) is 7.38. The molecule has 0 spiro atoms. The number of aliphatic carboxylic acids is 1. The van der Waals surface area contributed by atoms with Crippen molar-refractivity contribution < 1.29 is 24.2 Å². The molecule has 0 radical (unpaired) electrons. The highest BCUT2D eigenvalue weighted by atomic mass is 16.5. The van der Waals surface area contributed by atoms with E-state index >= 15 is 0 Å². The van der Waals surface area contributed by atoms with Gasteiger partial charge in [0.05, 0.1) is 13.2 Å². The van der Waals surface area contributed by atoms with Gasteiger partial charge >= 0.3 is 5.97 Å². The number of benzene rings is 1. The van der Waals surface area contributed by atoms with Crippen LogP contribution in [0, 0.1) is 0 Å². The van der Waals surface area contributed by atoms with Crippen LogP contribution in [0.4, 0.5) is 0 Å². The molecule has 1 atom stereocenters. The van der Waals surface area contributed by atoms with E-state index in [9.17, 15) is 9.59 Å². The van der Waals surface area contributed by atoms with Gasteiger partial charge in [0.1, 0.15) is 5.75 Å². The average Bonchev–Trinajstić information content (AvgIpc) is 2.39. The molecule has 6 heteroatoms. The van der Waals surface area contributed by atoms with E-state index in [1.807, 2.05) is 6.92 Å². The number of amides is 1. The number of carboxylic acid groups (broad SMARTS) is 1. The van der Waals surface area contributed by atoms with Crippen molar-refractivity contribution in [3.8, 4) is 5.75 Å². The number of carboxylic acids is 1. The second-order valence-electron chi connectivity index (χ2n) is 3.73. The summed E-state index contributed by atoms with van der Waals surface area (Å²) in [5.41, 5.74) is 0.409. The molecule has 0 saturated carbocycles. The zero-order valence-electron chi connectivity index (χ0n) is 10.9. The summed E-state index contributed by atoms with van der Waals surface area (Å²) in [5.74, 6) is -0.896. The predicted molar refractivity (Wildman–Crippen MR) is 68.4 cm³/mol. The van der Waals surface area contributed by atoms with Crippen LogP contribution in [0.1, 0.15) is 17.3 Å². The van der Waals surface area contributed by atoms with E-state index in [4.69, 9.17) is 14.6 Å². The zero-order chi connectivity index (χ0) is 14.3. The third-order valence-corrected chi connectivity index (χ3v) is 2.42. The maximum absolute atomic E-state index is 11.8. The minimum atomic E-state index is -1.12. The van der Waals surface area contributed by atoms with Crippen molar-refractivity contribution in [2.75, 3.05) is 20.3 Å². The highest BCUT2D eigenvalue weighted by molar-refractivity contribution is 5.94. The Morgan fingerprint density at radius 3 is 2.74 bits per heavy atom. The third-order valence-electron chi connectivity index (χ3n) is 2.42. The van der Waals surface area contributed by atoms with Crippen LogP contribution in [0.3, 0.4) is 0 Å². The number of methoxy groups -OCH3 is 1. The molecule has 0 heterocycles. The Morgan fingerprint density at radius 2 is 2.16 bits per heavy atom. The number of nitrogens with one attached hydrogen (secondary N) is 1. The lowest BCUT2D eigenvalue weighted by molar-refractivity contribution is -0.148. The average molecular weight is 267 g/mol. The van der Waals surface area contributed by atoms with E-state index in [1.165, 1.54) is 7.11 Å². The lowest BCUT2D eigenvalue weighted by atomic mass is 10.2. The summed E-state index contributed by atoms with van der Waals surface area (Å²) in [7, 11) is 1.28. The van der Waals surface area contributed by atoms with Gasteiger partial charge in [-0.3, -0.25) is 4.79 Å². The standard InChI is InChI=1S/C13H17NO5/c1-3-19-10-6-4-5-9(7-10)12(15)14-8-11(18-2)13(16)17/h4-7,11H,3,8H2,1-2H3,(H,14,15)(H,16,17). The van der Waals surface area contributed by atoms with Gasteiger partial charge in [-0.1, -0.05) is 6.07 Å². The molecule has 0 aliphatic rings. The van der Waals surface area contributed by atoms with E-state index in [1.54, 1.807) is 24.3 Å². The fourth-order valence-corrected chi connectivity index (χ4v) is 1.45. The molecule has 0 aromatic heterocycles. The monoisotopic (exact) mass is 267 g/mol. The van der Waals surface area contributed by atoms with Crippen LogP contribution in [0.5, 0.6) is 5.75 Å². The van der Waals surface area contributed by atoms with Gasteiger partial charge in [-0.05, 0) is 25.1 Å². The predicted octanol–water partition coefficient (Wildman–Crippen LogP) is 0.915. The number of rotatable bonds is 7. The molecule has 1 unspecified atom stereocenters. The first-order valence-electron chi connectivity index (χ1n) is 5.85. The van der Waals surface area contributed by atoms with Crippen molar-refractivity contribution >= 4 is 11.9 Å². The second-order valence-corrected chi connectivity index (χ2v) is 3.73. The van der Waals surface area contributed by atoms with E-state index in [-0.39, 0.29) is 12.5 Å². The largest absolute Gasteiger partial charge is 0.494 e. The Bertz CT molecular complexity index is 446. The maximum Gasteiger partial charge on any atom is 0.334 e. The van der Waals surface area contributed by atoms with Gasteiger partial charge in [-0.2, -0.15) is 0 Å². The molecule has 0 fully saturated rings. The molecule has 0 saturated heterocycles. The normalized spacial score (nSPS) is 11.7. The quantitative estimate of drug-likeness (QED) is 0.767. The first-order valence-corrected chi connectivity index (χ1v) is 5.85. The van der Waals surface area contributed by atoms with Gasteiger partial charge in [0.15, 0.2) is 6.10 Å². The highest BCUT2D eigenvalue weighted by Gasteiger charge is 2.17. The fourth-order valence-electron chi connectivity index (χ4n) is 1.45. The number of hydrogen-bond acceptors (Lipinski definition) is 4. The van der Waals surface area contributed by atoms with Crippen LogP contribution in [0.15, 0.2) is 24.3 Å². The Labute approximate surface area is 111 Å². The van der Waals surface area contributed by atoms with E-state index < -0.39 is 12.1 Å². The van der Waals surface area contributed by atoms with Crippen molar-refractivity contribution in [1.29, 1.82) is 0 Å². The van der Waals surface area contributed by atoms with Crippen LogP contribution in [-0.4, -0.2) is 43.3 Å². The molecule has 0 bridgehead atoms. The lowest BCUT2D eigenvalue weighted by Gasteiger charge is -2.12. The highest BCUT2D eigenvalue weighted by Crippen LogP contribution is 2.13. The molecule has 104 valence electrons. The Kier molecular flexibility index (Phi) is 5.81. The van der Waals surface area contributed by atoms with E-state index in [0.717, 1.165) is 0 Å². The van der Waals surface area contributed by atoms with E-state index in [2.05, 4.69) is 5.32 Å². The summed E-state index contributed by atoms with van der Waals surface area (Å²) in [6.07, 6.45) is -1.06. The number of hydrogen-bond donors (Lipinski definition) is 2. The molecule has 0 aliphatic heterocycles. The van der Waals surface area contributed by atoms with Gasteiger partial charge in [0.2, 0.25) is 0 Å². The SMILES string of the molecule is CCOc1cccc(C(=O)NCC(OC)C(=O)O)c1. The van der Waals surface area contributed by atoms with Crippen LogP contribution < -0.4 is 10.1 Å². The number of carbonyl (C=O) groups is 2. The van der Waals surface area contributed by atoms with Gasteiger partial charge in [0.25, 0.3) is 5.91 Å². The number of ether oxygens (including phenoxy) is 2. The first kappa shape index (κ1) is 15.0. The van der Waals surface area contributed by atoms with Crippen LogP contribution in [0.2, 0.25) is 0 Å². The van der Waals surface area contributed by atoms with Crippen molar-refractivity contribution in [2.24, 2.45) is 0 Å². The summed E-state index contributed by atoms with van der Waals surface area (Å²) < 4.78 is 10.0. The number of carbonyl (C=O) groups excluding carboxylic acids is 1. The summed E-state index contributed by atoms with van der Waals surface area (Å²) in [6, 6.07) is 6.67. The van der Waals surface area contributed by atoms with Crippen molar-refractivity contribution in [1.82, 2.24) is 5.32 Å². The molecule has 6 nitrogen and oxygen atoms in total. The van der Waals surface area contributed by atoms with Crippen LogP contribution in [-0.2, 0) is 9.53 Å². The molecule has 1 aromatic rings. The molecule has 19 heavy (non-hydrogen) atoms. The van der Waals surface area contributed by atoms with Crippen LogP contribution >= 0.6 is 0 Å². The Balaban J connectivity index is 2.62. The van der Waals surface area contributed by atoms with Gasteiger partial charge in [-0.25, -0.2) is 4.79 Å². The molecule has 0 aliphatic carbocycles. The maximum atomic E-state index is 11.8. The van der Waals surface area contributed by atoms with Crippen LogP contribution in [0.25, 0.3) is 0 Å². The molecule has 1 rings (SSSR count). The minimum absolute atomic E-state index is 0.0937. The first-order chi connectivity index (χ1) is 9.08.